The van der Waals surface area contributed by atoms with Gasteiger partial charge in [0.25, 0.3) is 0 Å². The molecule has 0 saturated heterocycles. The smallest absolute Gasteiger partial charge is 0.187 e. The van der Waals surface area contributed by atoms with Crippen molar-refractivity contribution < 1.29 is 13.5 Å². The Morgan fingerprint density at radius 2 is 2.05 bits per heavy atom. The Hall–Kier alpha value is -2.24. The standard InChI is InChI=1S/C14H15F2N3O/c1-3-6-17-14-13(20-2)12(18-8-19-14)10-5-4-9(15)7-11(10)16/h4-5,7-8H,3,6H2,1-2H3,(H,17,18,19). The second-order valence-electron chi connectivity index (χ2n) is 4.16. The van der Waals surface area contributed by atoms with Gasteiger partial charge >= 0.3 is 0 Å². The third-order valence-corrected chi connectivity index (χ3v) is 2.74. The Labute approximate surface area is 115 Å². The van der Waals surface area contributed by atoms with Crippen LogP contribution in [-0.4, -0.2) is 23.6 Å². The summed E-state index contributed by atoms with van der Waals surface area (Å²) in [6.45, 7) is 2.72. The molecule has 0 fully saturated rings. The summed E-state index contributed by atoms with van der Waals surface area (Å²) in [6.07, 6.45) is 2.23. The van der Waals surface area contributed by atoms with Crippen molar-refractivity contribution in [2.75, 3.05) is 19.0 Å². The van der Waals surface area contributed by atoms with Crippen LogP contribution in [0.1, 0.15) is 13.3 Å². The van der Waals surface area contributed by atoms with E-state index in [1.807, 2.05) is 6.92 Å². The van der Waals surface area contributed by atoms with Crippen molar-refractivity contribution in [2.45, 2.75) is 13.3 Å². The van der Waals surface area contributed by atoms with Crippen molar-refractivity contribution >= 4 is 5.82 Å². The monoisotopic (exact) mass is 279 g/mol. The summed E-state index contributed by atoms with van der Waals surface area (Å²) < 4.78 is 32.1. The molecule has 1 aromatic carbocycles. The predicted octanol–water partition coefficient (Wildman–Crippen LogP) is 3.25. The Bertz CT molecular complexity index is 605. The molecule has 1 N–H and O–H groups in total. The Morgan fingerprint density at radius 1 is 1.25 bits per heavy atom. The maximum absolute atomic E-state index is 13.9. The molecule has 4 nitrogen and oxygen atoms in total. The largest absolute Gasteiger partial charge is 0.491 e. The van der Waals surface area contributed by atoms with E-state index in [9.17, 15) is 8.78 Å². The maximum Gasteiger partial charge on any atom is 0.187 e. The van der Waals surface area contributed by atoms with Gasteiger partial charge in [-0.1, -0.05) is 6.92 Å². The van der Waals surface area contributed by atoms with Crippen LogP contribution in [0.5, 0.6) is 5.75 Å². The maximum atomic E-state index is 13.9. The third-order valence-electron chi connectivity index (χ3n) is 2.74. The lowest BCUT2D eigenvalue weighted by molar-refractivity contribution is 0.414. The zero-order chi connectivity index (χ0) is 14.5. The molecule has 0 aliphatic rings. The molecule has 1 aromatic heterocycles. The van der Waals surface area contributed by atoms with E-state index in [2.05, 4.69) is 15.3 Å². The van der Waals surface area contributed by atoms with E-state index in [0.717, 1.165) is 12.5 Å². The molecule has 20 heavy (non-hydrogen) atoms. The molecule has 0 amide bonds. The molecular formula is C14H15F2N3O. The number of halogens is 2. The van der Waals surface area contributed by atoms with E-state index in [-0.39, 0.29) is 5.56 Å². The normalized spacial score (nSPS) is 10.4. The molecule has 0 spiro atoms. The summed E-state index contributed by atoms with van der Waals surface area (Å²) in [6, 6.07) is 3.33. The van der Waals surface area contributed by atoms with Gasteiger partial charge in [-0.05, 0) is 18.6 Å². The molecular weight excluding hydrogens is 264 g/mol. The van der Waals surface area contributed by atoms with Crippen molar-refractivity contribution in [3.05, 3.63) is 36.2 Å². The van der Waals surface area contributed by atoms with Crippen LogP contribution in [-0.2, 0) is 0 Å². The number of hydrogen-bond donors (Lipinski definition) is 1. The van der Waals surface area contributed by atoms with Gasteiger partial charge in [0.2, 0.25) is 0 Å². The molecule has 0 radical (unpaired) electrons. The van der Waals surface area contributed by atoms with Crippen molar-refractivity contribution in [1.29, 1.82) is 0 Å². The van der Waals surface area contributed by atoms with Crippen LogP contribution in [0.2, 0.25) is 0 Å². The third kappa shape index (κ3) is 2.84. The molecule has 0 unspecified atom stereocenters. The zero-order valence-corrected chi connectivity index (χ0v) is 11.3. The molecule has 2 aromatic rings. The van der Waals surface area contributed by atoms with Gasteiger partial charge in [0, 0.05) is 18.2 Å². The molecule has 0 aliphatic carbocycles. The molecule has 0 bridgehead atoms. The quantitative estimate of drug-likeness (QED) is 0.912. The van der Waals surface area contributed by atoms with Gasteiger partial charge in [-0.15, -0.1) is 0 Å². The summed E-state index contributed by atoms with van der Waals surface area (Å²) in [4.78, 5) is 8.12. The molecule has 0 atom stereocenters. The molecule has 6 heteroatoms. The minimum Gasteiger partial charge on any atom is -0.491 e. The lowest BCUT2D eigenvalue weighted by atomic mass is 10.1. The van der Waals surface area contributed by atoms with Crippen LogP contribution in [0.25, 0.3) is 11.3 Å². The van der Waals surface area contributed by atoms with Crippen molar-refractivity contribution in [3.63, 3.8) is 0 Å². The van der Waals surface area contributed by atoms with E-state index >= 15 is 0 Å². The number of methoxy groups -OCH3 is 1. The molecule has 0 saturated carbocycles. The fraction of sp³-hybridized carbons (Fsp3) is 0.286. The van der Waals surface area contributed by atoms with Gasteiger partial charge in [-0.3, -0.25) is 0 Å². The average Bonchev–Trinajstić information content (AvgIpc) is 2.44. The molecule has 0 aliphatic heterocycles. The summed E-state index contributed by atoms with van der Waals surface area (Å²) in [5, 5.41) is 3.08. The van der Waals surface area contributed by atoms with Gasteiger partial charge in [0.05, 0.1) is 7.11 Å². The Balaban J connectivity index is 2.50. The topological polar surface area (TPSA) is 47.0 Å². The van der Waals surface area contributed by atoms with E-state index in [4.69, 9.17) is 4.74 Å². The number of ether oxygens (including phenoxy) is 1. The van der Waals surface area contributed by atoms with E-state index in [1.54, 1.807) is 0 Å². The van der Waals surface area contributed by atoms with Crippen LogP contribution in [0.4, 0.5) is 14.6 Å². The first-order chi connectivity index (χ1) is 9.67. The van der Waals surface area contributed by atoms with Crippen LogP contribution < -0.4 is 10.1 Å². The van der Waals surface area contributed by atoms with Crippen LogP contribution in [0.3, 0.4) is 0 Å². The van der Waals surface area contributed by atoms with E-state index in [1.165, 1.54) is 25.6 Å². The fourth-order valence-electron chi connectivity index (χ4n) is 1.81. The van der Waals surface area contributed by atoms with E-state index in [0.29, 0.717) is 23.8 Å². The summed E-state index contributed by atoms with van der Waals surface area (Å²) in [7, 11) is 1.46. The number of anilines is 1. The Kier molecular flexibility index (Phi) is 4.45. The van der Waals surface area contributed by atoms with Gasteiger partial charge in [0.1, 0.15) is 23.7 Å². The Morgan fingerprint density at radius 3 is 2.70 bits per heavy atom. The van der Waals surface area contributed by atoms with Gasteiger partial charge in [0.15, 0.2) is 11.6 Å². The SMILES string of the molecule is CCCNc1ncnc(-c2ccc(F)cc2F)c1OC. The highest BCUT2D eigenvalue weighted by molar-refractivity contribution is 5.72. The zero-order valence-electron chi connectivity index (χ0n) is 11.3. The minimum atomic E-state index is -0.691. The highest BCUT2D eigenvalue weighted by Crippen LogP contribution is 2.34. The van der Waals surface area contributed by atoms with E-state index < -0.39 is 11.6 Å². The lowest BCUT2D eigenvalue weighted by Gasteiger charge is -2.13. The fourth-order valence-corrected chi connectivity index (χ4v) is 1.81. The number of hydrogen-bond acceptors (Lipinski definition) is 4. The van der Waals surface area contributed by atoms with Gasteiger partial charge < -0.3 is 10.1 Å². The van der Waals surface area contributed by atoms with Crippen LogP contribution in [0, 0.1) is 11.6 Å². The lowest BCUT2D eigenvalue weighted by Crippen LogP contribution is -2.06. The summed E-state index contributed by atoms with van der Waals surface area (Å²) in [5.41, 5.74) is 0.462. The summed E-state index contributed by atoms with van der Waals surface area (Å²) in [5.74, 6) is -0.499. The number of aromatic nitrogens is 2. The predicted molar refractivity (Wildman–Crippen MR) is 72.7 cm³/mol. The molecule has 1 heterocycles. The highest BCUT2D eigenvalue weighted by Gasteiger charge is 2.17. The van der Waals surface area contributed by atoms with Crippen molar-refractivity contribution in [2.24, 2.45) is 0 Å². The number of nitrogens with zero attached hydrogens (tertiary/aromatic N) is 2. The minimum absolute atomic E-state index is 0.171. The van der Waals surface area contributed by atoms with Crippen molar-refractivity contribution in [1.82, 2.24) is 9.97 Å². The first-order valence-electron chi connectivity index (χ1n) is 6.25. The van der Waals surface area contributed by atoms with Crippen LogP contribution in [0.15, 0.2) is 24.5 Å². The van der Waals surface area contributed by atoms with Gasteiger partial charge in [-0.25, -0.2) is 18.7 Å². The van der Waals surface area contributed by atoms with Crippen molar-refractivity contribution in [3.8, 4) is 17.0 Å². The number of nitrogens with one attached hydrogen (secondary N) is 1. The number of benzene rings is 1. The van der Waals surface area contributed by atoms with Crippen LogP contribution >= 0.6 is 0 Å². The first-order valence-corrected chi connectivity index (χ1v) is 6.25. The summed E-state index contributed by atoms with van der Waals surface area (Å²) >= 11 is 0. The first kappa shape index (κ1) is 14.2. The number of rotatable bonds is 5. The van der Waals surface area contributed by atoms with Gasteiger partial charge in [-0.2, -0.15) is 0 Å². The molecule has 2 rings (SSSR count). The average molecular weight is 279 g/mol. The molecule has 106 valence electrons. The second-order valence-corrected chi connectivity index (χ2v) is 4.16. The second kappa shape index (κ2) is 6.27. The highest BCUT2D eigenvalue weighted by atomic mass is 19.1.